The molecule has 0 unspecified atom stereocenters. The topological polar surface area (TPSA) is 103 Å². The van der Waals surface area contributed by atoms with Gasteiger partial charge in [-0.05, 0) is 18.9 Å². The first-order valence-corrected chi connectivity index (χ1v) is 7.07. The van der Waals surface area contributed by atoms with Crippen molar-refractivity contribution in [1.82, 2.24) is 15.1 Å². The molecule has 1 aliphatic rings. The van der Waals surface area contributed by atoms with Crippen LogP contribution in [0.4, 0.5) is 0 Å². The molecule has 0 aliphatic carbocycles. The number of hydrogen-bond donors (Lipinski definition) is 2. The van der Waals surface area contributed by atoms with Crippen LogP contribution in [-0.2, 0) is 4.79 Å². The van der Waals surface area contributed by atoms with Gasteiger partial charge < -0.3 is 10.0 Å². The van der Waals surface area contributed by atoms with E-state index < -0.39 is 11.9 Å². The van der Waals surface area contributed by atoms with Gasteiger partial charge in [0.25, 0.3) is 11.5 Å². The summed E-state index contributed by atoms with van der Waals surface area (Å²) in [6, 6.07) is 6.75. The molecule has 1 aliphatic heterocycles. The van der Waals surface area contributed by atoms with Crippen molar-refractivity contribution in [3.8, 4) is 0 Å². The van der Waals surface area contributed by atoms with Gasteiger partial charge in [-0.3, -0.25) is 14.4 Å². The molecule has 0 bridgehead atoms. The normalized spacial score (nSPS) is 18.4. The predicted octanol–water partition coefficient (Wildman–Crippen LogP) is 0.860. The second-order valence-corrected chi connectivity index (χ2v) is 5.38. The van der Waals surface area contributed by atoms with Crippen molar-refractivity contribution < 1.29 is 14.7 Å². The van der Waals surface area contributed by atoms with Crippen molar-refractivity contribution in [2.75, 3.05) is 13.1 Å². The molecule has 7 nitrogen and oxygen atoms in total. The zero-order valence-corrected chi connectivity index (χ0v) is 11.8. The number of nitrogens with zero attached hydrogens (tertiary/aromatic N) is 2. The first-order chi connectivity index (χ1) is 10.6. The number of nitrogens with one attached hydrogen (secondary N) is 1. The number of H-pyrrole nitrogens is 1. The lowest BCUT2D eigenvalue weighted by Gasteiger charge is -2.30. The molecule has 1 aromatic heterocycles. The van der Waals surface area contributed by atoms with Gasteiger partial charge in [-0.15, -0.1) is 0 Å². The molecule has 1 atom stereocenters. The monoisotopic (exact) mass is 301 g/mol. The molecule has 1 aromatic carbocycles. The number of carbonyl (C=O) groups excluding carboxylic acids is 1. The molecule has 1 fully saturated rings. The second-order valence-electron chi connectivity index (χ2n) is 5.38. The molecular weight excluding hydrogens is 286 g/mol. The van der Waals surface area contributed by atoms with Crippen LogP contribution in [-0.4, -0.2) is 45.2 Å². The molecule has 0 saturated carbocycles. The highest BCUT2D eigenvalue weighted by Crippen LogP contribution is 2.20. The fourth-order valence-electron chi connectivity index (χ4n) is 2.79. The van der Waals surface area contributed by atoms with Crippen LogP contribution in [0.25, 0.3) is 10.8 Å². The molecule has 22 heavy (non-hydrogen) atoms. The van der Waals surface area contributed by atoms with Crippen LogP contribution < -0.4 is 5.56 Å². The fraction of sp³-hybridized carbons (Fsp3) is 0.333. The van der Waals surface area contributed by atoms with E-state index in [0.29, 0.717) is 30.2 Å². The quantitative estimate of drug-likeness (QED) is 0.856. The standard InChI is InChI=1S/C15H15N3O4/c19-13-11-6-2-1-5-10(11)12(16-17-13)14(20)18-7-3-4-9(8-18)15(21)22/h1-2,5-6,9H,3-4,7-8H2,(H,17,19)(H,21,22)/t9-/m0/s1. The number of amides is 1. The highest BCUT2D eigenvalue weighted by atomic mass is 16.4. The van der Waals surface area contributed by atoms with Crippen LogP contribution in [0.15, 0.2) is 29.1 Å². The highest BCUT2D eigenvalue weighted by Gasteiger charge is 2.30. The van der Waals surface area contributed by atoms with Crippen molar-refractivity contribution in [2.45, 2.75) is 12.8 Å². The Hall–Kier alpha value is -2.70. The van der Waals surface area contributed by atoms with E-state index in [9.17, 15) is 14.4 Å². The Balaban J connectivity index is 1.97. The average molecular weight is 301 g/mol. The zero-order chi connectivity index (χ0) is 15.7. The lowest BCUT2D eigenvalue weighted by Crippen LogP contribution is -2.42. The van der Waals surface area contributed by atoms with Gasteiger partial charge in [0.2, 0.25) is 0 Å². The van der Waals surface area contributed by atoms with Gasteiger partial charge >= 0.3 is 5.97 Å². The Morgan fingerprint density at radius 3 is 2.73 bits per heavy atom. The number of rotatable bonds is 2. The van der Waals surface area contributed by atoms with Crippen molar-refractivity contribution in [3.05, 3.63) is 40.3 Å². The SMILES string of the molecule is O=C(O)[C@H]1CCCN(C(=O)c2n[nH]c(=O)c3ccccc23)C1. The molecule has 7 heteroatoms. The van der Waals surface area contributed by atoms with E-state index in [1.807, 2.05) is 0 Å². The maximum atomic E-state index is 12.6. The predicted molar refractivity (Wildman–Crippen MR) is 78.6 cm³/mol. The number of aromatic nitrogens is 2. The summed E-state index contributed by atoms with van der Waals surface area (Å²) in [5, 5.41) is 16.2. The van der Waals surface area contributed by atoms with Crippen LogP contribution in [0, 0.1) is 5.92 Å². The molecule has 2 aromatic rings. The summed E-state index contributed by atoms with van der Waals surface area (Å²) in [5.74, 6) is -1.79. The third-order valence-corrected chi connectivity index (χ3v) is 3.96. The summed E-state index contributed by atoms with van der Waals surface area (Å²) in [7, 11) is 0. The molecule has 0 radical (unpaired) electrons. The number of carbonyl (C=O) groups is 2. The van der Waals surface area contributed by atoms with Crippen molar-refractivity contribution in [2.24, 2.45) is 5.92 Å². The van der Waals surface area contributed by atoms with Crippen LogP contribution >= 0.6 is 0 Å². The molecule has 2 N–H and O–H groups in total. The number of aromatic amines is 1. The number of hydrogen-bond acceptors (Lipinski definition) is 4. The Morgan fingerprint density at radius 1 is 1.27 bits per heavy atom. The van der Waals surface area contributed by atoms with E-state index in [1.165, 1.54) is 4.90 Å². The van der Waals surface area contributed by atoms with E-state index >= 15 is 0 Å². The molecule has 1 amide bonds. The number of likely N-dealkylation sites (tertiary alicyclic amines) is 1. The molecule has 114 valence electrons. The van der Waals surface area contributed by atoms with E-state index in [-0.39, 0.29) is 23.7 Å². The minimum Gasteiger partial charge on any atom is -0.481 e. The van der Waals surface area contributed by atoms with Gasteiger partial charge in [-0.25, -0.2) is 5.10 Å². The van der Waals surface area contributed by atoms with Gasteiger partial charge in [0.05, 0.1) is 11.3 Å². The Labute approximate surface area is 125 Å². The fourth-order valence-corrected chi connectivity index (χ4v) is 2.79. The summed E-state index contributed by atoms with van der Waals surface area (Å²) < 4.78 is 0. The van der Waals surface area contributed by atoms with Crippen LogP contribution in [0.1, 0.15) is 23.3 Å². The Kier molecular flexibility index (Phi) is 3.62. The van der Waals surface area contributed by atoms with Crippen molar-refractivity contribution >= 4 is 22.6 Å². The van der Waals surface area contributed by atoms with Crippen molar-refractivity contribution in [1.29, 1.82) is 0 Å². The third kappa shape index (κ3) is 2.45. The number of aliphatic carboxylic acids is 1. The van der Waals surface area contributed by atoms with Gasteiger partial charge in [-0.1, -0.05) is 18.2 Å². The minimum atomic E-state index is -0.892. The van der Waals surface area contributed by atoms with E-state index in [1.54, 1.807) is 24.3 Å². The van der Waals surface area contributed by atoms with Gasteiger partial charge in [0.15, 0.2) is 5.69 Å². The summed E-state index contributed by atoms with van der Waals surface area (Å²) in [6.07, 6.45) is 1.21. The third-order valence-electron chi connectivity index (χ3n) is 3.96. The molecular formula is C15H15N3O4. The number of benzene rings is 1. The summed E-state index contributed by atoms with van der Waals surface area (Å²) in [6.45, 7) is 0.668. The molecule has 0 spiro atoms. The number of fused-ring (bicyclic) bond motifs is 1. The first-order valence-electron chi connectivity index (χ1n) is 7.07. The molecule has 1 saturated heterocycles. The van der Waals surface area contributed by atoms with Crippen LogP contribution in [0.2, 0.25) is 0 Å². The molecule has 3 rings (SSSR count). The van der Waals surface area contributed by atoms with E-state index in [0.717, 1.165) is 0 Å². The van der Waals surface area contributed by atoms with Crippen molar-refractivity contribution in [3.63, 3.8) is 0 Å². The summed E-state index contributed by atoms with van der Waals surface area (Å²) in [5.41, 5.74) is -0.199. The van der Waals surface area contributed by atoms with Gasteiger partial charge in [-0.2, -0.15) is 5.10 Å². The lowest BCUT2D eigenvalue weighted by atomic mass is 9.98. The Bertz CT molecular complexity index is 799. The summed E-state index contributed by atoms with van der Waals surface area (Å²) >= 11 is 0. The first kappa shape index (κ1) is 14.2. The second kappa shape index (κ2) is 5.59. The summed E-state index contributed by atoms with van der Waals surface area (Å²) in [4.78, 5) is 37.0. The van der Waals surface area contributed by atoms with Crippen LogP contribution in [0.3, 0.4) is 0 Å². The van der Waals surface area contributed by atoms with E-state index in [4.69, 9.17) is 5.11 Å². The highest BCUT2D eigenvalue weighted by molar-refractivity contribution is 6.04. The average Bonchev–Trinajstić information content (AvgIpc) is 2.55. The van der Waals surface area contributed by atoms with Crippen LogP contribution in [0.5, 0.6) is 0 Å². The molecule has 2 heterocycles. The number of carboxylic acids is 1. The van der Waals surface area contributed by atoms with Gasteiger partial charge in [0, 0.05) is 18.5 Å². The van der Waals surface area contributed by atoms with Gasteiger partial charge in [0.1, 0.15) is 0 Å². The smallest absolute Gasteiger partial charge is 0.308 e. The Morgan fingerprint density at radius 2 is 2.00 bits per heavy atom. The largest absolute Gasteiger partial charge is 0.481 e. The number of carboxylic acid groups (broad SMARTS) is 1. The lowest BCUT2D eigenvalue weighted by molar-refractivity contribution is -0.143. The minimum absolute atomic E-state index is 0.154. The number of piperidine rings is 1. The van der Waals surface area contributed by atoms with E-state index in [2.05, 4.69) is 10.2 Å². The maximum Gasteiger partial charge on any atom is 0.308 e. The zero-order valence-electron chi connectivity index (χ0n) is 11.8. The maximum absolute atomic E-state index is 12.6.